The molecule has 132 valence electrons. The number of carbonyl (C=O) groups excluding carboxylic acids is 5. The molecule has 2 N–H and O–H groups in total. The van der Waals surface area contributed by atoms with Crippen molar-refractivity contribution in [1.29, 1.82) is 0 Å². The van der Waals surface area contributed by atoms with Gasteiger partial charge in [0.2, 0.25) is 5.91 Å². The molecule has 7 amide bonds. The first-order valence-electron chi connectivity index (χ1n) is 8.13. The van der Waals surface area contributed by atoms with Crippen molar-refractivity contribution in [3.8, 4) is 0 Å². The highest BCUT2D eigenvalue weighted by Gasteiger charge is 2.49. The molecule has 2 aliphatic rings. The van der Waals surface area contributed by atoms with Crippen LogP contribution in [0, 0.1) is 5.92 Å². The van der Waals surface area contributed by atoms with Gasteiger partial charge in [0, 0.05) is 12.6 Å². The number of carbonyl (C=O) groups is 5. The third-order valence-electron chi connectivity index (χ3n) is 4.37. The highest BCUT2D eigenvalue weighted by Crippen LogP contribution is 2.31. The molecule has 0 radical (unpaired) electrons. The standard InChI is InChI=1S/C15H22N4O5/c1-3-16-14(23)17-11(20)8-18-12(21)13(22)19(15(18)24)10-7-5-4-6-9(10)2/h9-10H,3-8H2,1-2H3,(H2,16,17,20,23)/t9-,10+/m1/s1. The molecule has 1 aliphatic heterocycles. The lowest BCUT2D eigenvalue weighted by Crippen LogP contribution is -2.48. The van der Waals surface area contributed by atoms with Gasteiger partial charge in [-0.1, -0.05) is 19.8 Å². The van der Waals surface area contributed by atoms with Crippen LogP contribution in [-0.2, 0) is 14.4 Å². The minimum atomic E-state index is -1.02. The average molecular weight is 338 g/mol. The number of nitrogens with one attached hydrogen (secondary N) is 2. The number of nitrogens with zero attached hydrogens (tertiary/aromatic N) is 2. The van der Waals surface area contributed by atoms with Crippen LogP contribution in [0.4, 0.5) is 9.59 Å². The van der Waals surface area contributed by atoms with E-state index in [1.54, 1.807) is 6.92 Å². The second-order valence-corrected chi connectivity index (χ2v) is 6.09. The van der Waals surface area contributed by atoms with E-state index in [-0.39, 0.29) is 12.0 Å². The summed E-state index contributed by atoms with van der Waals surface area (Å²) in [5.41, 5.74) is 0. The highest BCUT2D eigenvalue weighted by atomic mass is 16.2. The van der Waals surface area contributed by atoms with Gasteiger partial charge in [0.05, 0.1) is 0 Å². The fourth-order valence-electron chi connectivity index (χ4n) is 3.15. The zero-order valence-corrected chi connectivity index (χ0v) is 13.8. The maximum atomic E-state index is 12.4. The van der Waals surface area contributed by atoms with E-state index in [9.17, 15) is 24.0 Å². The van der Waals surface area contributed by atoms with E-state index < -0.39 is 36.3 Å². The maximum Gasteiger partial charge on any atom is 0.334 e. The molecular formula is C15H22N4O5. The van der Waals surface area contributed by atoms with Gasteiger partial charge < -0.3 is 5.32 Å². The molecule has 0 aromatic rings. The van der Waals surface area contributed by atoms with Gasteiger partial charge in [0.25, 0.3) is 0 Å². The molecule has 0 aromatic heterocycles. The van der Waals surface area contributed by atoms with E-state index in [1.165, 1.54) is 0 Å². The van der Waals surface area contributed by atoms with Gasteiger partial charge in [0.1, 0.15) is 6.54 Å². The van der Waals surface area contributed by atoms with Crippen molar-refractivity contribution in [2.45, 2.75) is 45.6 Å². The van der Waals surface area contributed by atoms with Crippen LogP contribution in [-0.4, -0.2) is 58.7 Å². The Bertz CT molecular complexity index is 576. The van der Waals surface area contributed by atoms with Crippen molar-refractivity contribution in [1.82, 2.24) is 20.4 Å². The zero-order chi connectivity index (χ0) is 17.9. The van der Waals surface area contributed by atoms with Crippen molar-refractivity contribution >= 4 is 29.8 Å². The van der Waals surface area contributed by atoms with Gasteiger partial charge in [-0.3, -0.25) is 24.6 Å². The summed E-state index contributed by atoms with van der Waals surface area (Å²) in [7, 11) is 0. The molecule has 0 aromatic carbocycles. The summed E-state index contributed by atoms with van der Waals surface area (Å²) in [6, 6.07) is -1.82. The number of amides is 7. The third kappa shape index (κ3) is 3.55. The second kappa shape index (κ2) is 7.41. The van der Waals surface area contributed by atoms with Gasteiger partial charge in [-0.05, 0) is 25.7 Å². The van der Waals surface area contributed by atoms with Crippen LogP contribution in [0.25, 0.3) is 0 Å². The first kappa shape index (κ1) is 17.9. The van der Waals surface area contributed by atoms with Crippen molar-refractivity contribution in [3.05, 3.63) is 0 Å². The largest absolute Gasteiger partial charge is 0.338 e. The minimum Gasteiger partial charge on any atom is -0.338 e. The number of urea groups is 2. The molecule has 0 bridgehead atoms. The Morgan fingerprint density at radius 1 is 1.12 bits per heavy atom. The van der Waals surface area contributed by atoms with Gasteiger partial charge in [0.15, 0.2) is 0 Å². The number of rotatable bonds is 4. The fraction of sp³-hybridized carbons (Fsp3) is 0.667. The molecule has 9 nitrogen and oxygen atoms in total. The van der Waals surface area contributed by atoms with Crippen LogP contribution in [0.5, 0.6) is 0 Å². The molecule has 2 rings (SSSR count). The smallest absolute Gasteiger partial charge is 0.334 e. The SMILES string of the molecule is CCNC(=O)NC(=O)CN1C(=O)C(=O)N([C@H]2CCCC[C@H]2C)C1=O. The number of hydrogen-bond acceptors (Lipinski definition) is 5. The van der Waals surface area contributed by atoms with Gasteiger partial charge in [-0.2, -0.15) is 0 Å². The van der Waals surface area contributed by atoms with E-state index >= 15 is 0 Å². The first-order chi connectivity index (χ1) is 11.4. The Morgan fingerprint density at radius 2 is 1.79 bits per heavy atom. The summed E-state index contributed by atoms with van der Waals surface area (Å²) >= 11 is 0. The van der Waals surface area contributed by atoms with Crippen molar-refractivity contribution in [2.75, 3.05) is 13.1 Å². The van der Waals surface area contributed by atoms with E-state index in [4.69, 9.17) is 0 Å². The molecule has 1 aliphatic carbocycles. The molecule has 1 heterocycles. The van der Waals surface area contributed by atoms with Crippen molar-refractivity contribution in [3.63, 3.8) is 0 Å². The molecule has 24 heavy (non-hydrogen) atoms. The van der Waals surface area contributed by atoms with Gasteiger partial charge in [-0.25, -0.2) is 14.5 Å². The summed E-state index contributed by atoms with van der Waals surface area (Å²) in [6.07, 6.45) is 3.46. The quantitative estimate of drug-likeness (QED) is 0.561. The molecular weight excluding hydrogens is 316 g/mol. The zero-order valence-electron chi connectivity index (χ0n) is 13.8. The van der Waals surface area contributed by atoms with Crippen molar-refractivity contribution < 1.29 is 24.0 Å². The fourth-order valence-corrected chi connectivity index (χ4v) is 3.15. The van der Waals surface area contributed by atoms with E-state index in [2.05, 4.69) is 5.32 Å². The summed E-state index contributed by atoms with van der Waals surface area (Å²) in [5, 5.41) is 4.36. The second-order valence-electron chi connectivity index (χ2n) is 6.09. The Balaban J connectivity index is 2.05. The molecule has 2 atom stereocenters. The molecule has 1 saturated heterocycles. The minimum absolute atomic E-state index is 0.114. The topological polar surface area (TPSA) is 116 Å². The Labute approximate surface area is 139 Å². The van der Waals surface area contributed by atoms with Crippen LogP contribution >= 0.6 is 0 Å². The average Bonchev–Trinajstić information content (AvgIpc) is 2.72. The summed E-state index contributed by atoms with van der Waals surface area (Å²) in [5.74, 6) is -2.63. The van der Waals surface area contributed by atoms with E-state index in [0.29, 0.717) is 17.9 Å². The lowest BCUT2D eigenvalue weighted by molar-refractivity contribution is -0.145. The summed E-state index contributed by atoms with van der Waals surface area (Å²) in [6.45, 7) is 3.30. The number of hydrogen-bond donors (Lipinski definition) is 2. The lowest BCUT2D eigenvalue weighted by Gasteiger charge is -2.34. The monoisotopic (exact) mass is 338 g/mol. The molecule has 2 fully saturated rings. The molecule has 9 heteroatoms. The van der Waals surface area contributed by atoms with E-state index in [1.807, 2.05) is 12.2 Å². The van der Waals surface area contributed by atoms with Crippen molar-refractivity contribution in [2.24, 2.45) is 5.92 Å². The molecule has 0 unspecified atom stereocenters. The summed E-state index contributed by atoms with van der Waals surface area (Å²) in [4.78, 5) is 61.3. The normalized spacial score (nSPS) is 24.3. The number of imide groups is 3. The maximum absolute atomic E-state index is 12.4. The van der Waals surface area contributed by atoms with Crippen LogP contribution < -0.4 is 10.6 Å². The lowest BCUT2D eigenvalue weighted by atomic mass is 9.85. The summed E-state index contributed by atoms with van der Waals surface area (Å²) < 4.78 is 0. The van der Waals surface area contributed by atoms with E-state index in [0.717, 1.165) is 24.2 Å². The van der Waals surface area contributed by atoms with Crippen LogP contribution in [0.3, 0.4) is 0 Å². The Kier molecular flexibility index (Phi) is 5.53. The Morgan fingerprint density at radius 3 is 2.42 bits per heavy atom. The predicted molar refractivity (Wildman–Crippen MR) is 82.6 cm³/mol. The van der Waals surface area contributed by atoms with Gasteiger partial charge >= 0.3 is 23.9 Å². The highest BCUT2D eigenvalue weighted by molar-refractivity contribution is 6.45. The van der Waals surface area contributed by atoms with Crippen LogP contribution in [0.15, 0.2) is 0 Å². The predicted octanol–water partition coefficient (Wildman–Crippen LogP) is 0.202. The third-order valence-corrected chi connectivity index (χ3v) is 4.37. The van der Waals surface area contributed by atoms with Crippen LogP contribution in [0.1, 0.15) is 39.5 Å². The molecule has 0 spiro atoms. The Hall–Kier alpha value is -2.45. The first-order valence-corrected chi connectivity index (χ1v) is 8.13. The van der Waals surface area contributed by atoms with Gasteiger partial charge in [-0.15, -0.1) is 0 Å². The molecule has 1 saturated carbocycles. The van der Waals surface area contributed by atoms with Crippen LogP contribution in [0.2, 0.25) is 0 Å².